The maximum atomic E-state index is 5.04. The predicted molar refractivity (Wildman–Crippen MR) is 243 cm³/mol. The van der Waals surface area contributed by atoms with E-state index in [4.69, 9.17) is 9.97 Å². The highest BCUT2D eigenvalue weighted by molar-refractivity contribution is 6.37. The Morgan fingerprint density at radius 2 is 0.793 bits per heavy atom. The molecule has 58 heavy (non-hydrogen) atoms. The molecule has 0 aliphatic carbocycles. The molecule has 0 spiro atoms. The second-order valence-corrected chi connectivity index (χ2v) is 15.2. The number of fused-ring (bicyclic) bond motifs is 2. The summed E-state index contributed by atoms with van der Waals surface area (Å²) in [5, 5.41) is 15.5. The van der Waals surface area contributed by atoms with Crippen molar-refractivity contribution in [1.82, 2.24) is 15.0 Å². The molecule has 0 saturated carbocycles. The first-order valence-electron chi connectivity index (χ1n) is 19.7. The van der Waals surface area contributed by atoms with Gasteiger partial charge in [-0.25, -0.2) is 9.97 Å². The first-order chi connectivity index (χ1) is 28.7. The van der Waals surface area contributed by atoms with Crippen molar-refractivity contribution >= 4 is 64.6 Å². The Balaban J connectivity index is 1.01. The maximum Gasteiger partial charge on any atom is 0.160 e. The average Bonchev–Trinajstić information content (AvgIpc) is 3.30. The Kier molecular flexibility index (Phi) is 7.23. The molecule has 0 fully saturated rings. The van der Waals surface area contributed by atoms with Crippen molar-refractivity contribution in [3.63, 3.8) is 0 Å². The minimum absolute atomic E-state index is 0.691. The lowest BCUT2D eigenvalue weighted by atomic mass is 9.86. The summed E-state index contributed by atoms with van der Waals surface area (Å²) in [6, 6.07) is 68.2. The number of hydrogen-bond acceptors (Lipinski definition) is 3. The number of benzene rings is 9. The van der Waals surface area contributed by atoms with E-state index in [1.54, 1.807) is 6.20 Å². The average molecular weight is 736 g/mol. The van der Waals surface area contributed by atoms with Gasteiger partial charge < -0.3 is 0 Å². The molecule has 0 radical (unpaired) electrons. The van der Waals surface area contributed by atoms with E-state index >= 15 is 0 Å². The van der Waals surface area contributed by atoms with E-state index < -0.39 is 0 Å². The van der Waals surface area contributed by atoms with E-state index in [0.29, 0.717) is 5.82 Å². The van der Waals surface area contributed by atoms with Crippen LogP contribution in [0.25, 0.3) is 121 Å². The van der Waals surface area contributed by atoms with Gasteiger partial charge in [0.15, 0.2) is 5.82 Å². The van der Waals surface area contributed by atoms with Gasteiger partial charge >= 0.3 is 0 Å². The monoisotopic (exact) mass is 735 g/mol. The van der Waals surface area contributed by atoms with Gasteiger partial charge in [-0.3, -0.25) is 4.98 Å². The third-order valence-electron chi connectivity index (χ3n) is 11.8. The van der Waals surface area contributed by atoms with Gasteiger partial charge in [0, 0.05) is 29.1 Å². The van der Waals surface area contributed by atoms with E-state index in [1.165, 1.54) is 75.8 Å². The van der Waals surface area contributed by atoms with Crippen molar-refractivity contribution in [2.45, 2.75) is 0 Å². The van der Waals surface area contributed by atoms with E-state index in [1.807, 2.05) is 36.5 Å². The molecular weight excluding hydrogens is 703 g/mol. The first-order valence-corrected chi connectivity index (χ1v) is 19.7. The zero-order valence-electron chi connectivity index (χ0n) is 31.4. The van der Waals surface area contributed by atoms with Crippen LogP contribution in [0.4, 0.5) is 0 Å². The van der Waals surface area contributed by atoms with Crippen LogP contribution in [0, 0.1) is 0 Å². The van der Waals surface area contributed by atoms with Crippen LogP contribution in [0.2, 0.25) is 0 Å². The molecule has 2 heterocycles. The summed E-state index contributed by atoms with van der Waals surface area (Å²) in [5.74, 6) is 0.691. The Morgan fingerprint density at radius 3 is 1.43 bits per heavy atom. The largest absolute Gasteiger partial charge is 0.264 e. The van der Waals surface area contributed by atoms with E-state index in [0.717, 1.165) is 39.2 Å². The van der Waals surface area contributed by atoms with Gasteiger partial charge in [-0.2, -0.15) is 0 Å². The first kappa shape index (κ1) is 32.5. The van der Waals surface area contributed by atoms with Crippen LogP contribution in [0.5, 0.6) is 0 Å². The van der Waals surface area contributed by atoms with Gasteiger partial charge in [0.25, 0.3) is 0 Å². The second-order valence-electron chi connectivity index (χ2n) is 15.2. The van der Waals surface area contributed by atoms with Crippen molar-refractivity contribution in [2.75, 3.05) is 0 Å². The lowest BCUT2D eigenvalue weighted by Crippen LogP contribution is -1.96. The molecule has 10 aromatic carbocycles. The quantitative estimate of drug-likeness (QED) is 0.165. The summed E-state index contributed by atoms with van der Waals surface area (Å²) < 4.78 is 0. The lowest BCUT2D eigenvalue weighted by molar-refractivity contribution is 1.18. The summed E-state index contributed by atoms with van der Waals surface area (Å²) >= 11 is 0. The highest BCUT2D eigenvalue weighted by Gasteiger charge is 2.17. The lowest BCUT2D eigenvalue weighted by Gasteiger charge is -2.17. The number of hydrogen-bond donors (Lipinski definition) is 0. The van der Waals surface area contributed by atoms with Crippen LogP contribution in [0.3, 0.4) is 0 Å². The van der Waals surface area contributed by atoms with Crippen LogP contribution in [-0.2, 0) is 0 Å². The molecule has 0 bridgehead atoms. The summed E-state index contributed by atoms with van der Waals surface area (Å²) in [6.07, 6.45) is 3.63. The second kappa shape index (κ2) is 12.9. The third kappa shape index (κ3) is 5.18. The summed E-state index contributed by atoms with van der Waals surface area (Å²) in [4.78, 5) is 14.3. The normalized spacial score (nSPS) is 11.8. The number of aromatic nitrogens is 3. The number of rotatable bonds is 5. The number of pyridine rings is 1. The highest BCUT2D eigenvalue weighted by Crippen LogP contribution is 2.44. The molecule has 0 aliphatic rings. The molecule has 0 saturated heterocycles. The number of nitrogens with zero attached hydrogens (tertiary/aromatic N) is 3. The fourth-order valence-electron chi connectivity index (χ4n) is 9.14. The van der Waals surface area contributed by atoms with E-state index in [9.17, 15) is 0 Å². The minimum Gasteiger partial charge on any atom is -0.264 e. The third-order valence-corrected chi connectivity index (χ3v) is 11.8. The van der Waals surface area contributed by atoms with Gasteiger partial charge in [-0.15, -0.1) is 0 Å². The molecule has 12 aromatic rings. The molecule has 268 valence electrons. The summed E-state index contributed by atoms with van der Waals surface area (Å²) in [6.45, 7) is 0. The maximum absolute atomic E-state index is 5.04. The van der Waals surface area contributed by atoms with Crippen molar-refractivity contribution in [1.29, 1.82) is 0 Å². The fourth-order valence-corrected chi connectivity index (χ4v) is 9.14. The molecule has 2 aromatic heterocycles. The van der Waals surface area contributed by atoms with Gasteiger partial charge in [-0.1, -0.05) is 152 Å². The highest BCUT2D eigenvalue weighted by atomic mass is 14.9. The zero-order chi connectivity index (χ0) is 38.2. The Hall–Kier alpha value is -7.75. The van der Waals surface area contributed by atoms with Crippen molar-refractivity contribution in [3.05, 3.63) is 200 Å². The van der Waals surface area contributed by atoms with Crippen LogP contribution < -0.4 is 0 Å². The Morgan fingerprint density at radius 1 is 0.276 bits per heavy atom. The zero-order valence-corrected chi connectivity index (χ0v) is 31.4. The molecule has 3 nitrogen and oxygen atoms in total. The molecule has 0 unspecified atom stereocenters. The van der Waals surface area contributed by atoms with Crippen molar-refractivity contribution < 1.29 is 0 Å². The van der Waals surface area contributed by atoms with Crippen LogP contribution in [0.1, 0.15) is 0 Å². The molecule has 0 aliphatic heterocycles. The Labute approximate surface area is 334 Å². The predicted octanol–water partition coefficient (Wildman–Crippen LogP) is 14.6. The fraction of sp³-hybridized carbons (Fsp3) is 0. The topological polar surface area (TPSA) is 38.7 Å². The standard InChI is InChI=1S/C55H33N3/c1-2-9-39(10-3-1)55-57-49(32-50(58-55)43-16-8-28-56-33-43)35-22-20-34(21-23-35)40-14-4-15-41(29-40)44-30-42-27-26-38-12-6-18-46-45-17-5-11-36-24-25-37-13-7-19-47(53(37)51(36)45)48(31-44)54(42)52(38)46/h1-33H. The van der Waals surface area contributed by atoms with Crippen LogP contribution >= 0.6 is 0 Å². The van der Waals surface area contributed by atoms with E-state index in [-0.39, 0.29) is 0 Å². The van der Waals surface area contributed by atoms with Gasteiger partial charge in [-0.05, 0) is 123 Å². The SMILES string of the molecule is c1ccc(-c2nc(-c3ccc(-c4cccc(-c5cc6ccc7cccc8c9cccc%10ccc%11cccc(c(c5)c6c78)c%11c%109)c4)cc3)cc(-c3cccnc3)n2)cc1. The minimum atomic E-state index is 0.691. The molecular formula is C55H33N3. The Bertz CT molecular complexity index is 3480. The molecule has 0 N–H and O–H groups in total. The van der Waals surface area contributed by atoms with Crippen LogP contribution in [-0.4, -0.2) is 15.0 Å². The molecule has 0 atom stereocenters. The van der Waals surface area contributed by atoms with Crippen molar-refractivity contribution in [3.8, 4) is 56.2 Å². The molecule has 3 heteroatoms. The van der Waals surface area contributed by atoms with Gasteiger partial charge in [0.1, 0.15) is 0 Å². The molecule has 12 rings (SSSR count). The van der Waals surface area contributed by atoms with Crippen LogP contribution in [0.15, 0.2) is 200 Å². The summed E-state index contributed by atoms with van der Waals surface area (Å²) in [5.41, 5.74) is 9.37. The van der Waals surface area contributed by atoms with E-state index in [2.05, 4.69) is 163 Å². The summed E-state index contributed by atoms with van der Waals surface area (Å²) in [7, 11) is 0. The van der Waals surface area contributed by atoms with Crippen molar-refractivity contribution in [2.24, 2.45) is 0 Å². The smallest absolute Gasteiger partial charge is 0.160 e. The van der Waals surface area contributed by atoms with Gasteiger partial charge in [0.05, 0.1) is 11.4 Å². The van der Waals surface area contributed by atoms with Gasteiger partial charge in [0.2, 0.25) is 0 Å². The molecule has 0 amide bonds.